The first-order valence-corrected chi connectivity index (χ1v) is 6.23. The van der Waals surface area contributed by atoms with Gasteiger partial charge < -0.3 is 0 Å². The quantitative estimate of drug-likeness (QED) is 0.579. The van der Waals surface area contributed by atoms with Gasteiger partial charge in [0.05, 0.1) is 0 Å². The zero-order valence-electron chi connectivity index (χ0n) is 8.52. The molecule has 1 aromatic rings. The van der Waals surface area contributed by atoms with Crippen molar-refractivity contribution >= 4 is 11.8 Å². The van der Waals surface area contributed by atoms with Gasteiger partial charge in [-0.25, -0.2) is 9.97 Å². The Morgan fingerprint density at radius 1 is 1.47 bits per heavy atom. The standard InChI is InChI=1S/C11H13N3S/c12-7-10-5-6-13-11(14-10)15-8-9-3-1-2-4-9/h5-6,9H,1-4,8H2. The lowest BCUT2D eigenvalue weighted by atomic mass is 10.1. The Labute approximate surface area is 93.9 Å². The molecule has 1 saturated carbocycles. The Morgan fingerprint density at radius 3 is 3.00 bits per heavy atom. The van der Waals surface area contributed by atoms with Gasteiger partial charge in [-0.1, -0.05) is 24.6 Å². The van der Waals surface area contributed by atoms with Crippen molar-refractivity contribution in [2.45, 2.75) is 30.8 Å². The Bertz CT molecular complexity index is 366. The van der Waals surface area contributed by atoms with Gasteiger partial charge >= 0.3 is 0 Å². The van der Waals surface area contributed by atoms with Crippen LogP contribution in [0.1, 0.15) is 31.4 Å². The van der Waals surface area contributed by atoms with Crippen LogP contribution in [0.5, 0.6) is 0 Å². The molecule has 2 rings (SSSR count). The van der Waals surface area contributed by atoms with E-state index in [-0.39, 0.29) is 0 Å². The molecule has 78 valence electrons. The predicted molar refractivity (Wildman–Crippen MR) is 59.4 cm³/mol. The van der Waals surface area contributed by atoms with Crippen LogP contribution in [-0.2, 0) is 0 Å². The van der Waals surface area contributed by atoms with Gasteiger partial charge in [0.2, 0.25) is 0 Å². The van der Waals surface area contributed by atoms with Crippen LogP contribution in [0.25, 0.3) is 0 Å². The third-order valence-electron chi connectivity index (χ3n) is 2.67. The molecule has 0 saturated heterocycles. The van der Waals surface area contributed by atoms with Gasteiger partial charge in [-0.05, 0) is 24.8 Å². The van der Waals surface area contributed by atoms with E-state index in [9.17, 15) is 0 Å². The first-order valence-electron chi connectivity index (χ1n) is 5.24. The minimum absolute atomic E-state index is 0.457. The molecule has 1 fully saturated rings. The molecule has 0 atom stereocenters. The average molecular weight is 219 g/mol. The lowest BCUT2D eigenvalue weighted by molar-refractivity contribution is 0.622. The molecule has 1 heterocycles. The molecule has 0 aliphatic heterocycles. The van der Waals surface area contributed by atoms with E-state index in [1.807, 2.05) is 6.07 Å². The minimum atomic E-state index is 0.457. The van der Waals surface area contributed by atoms with Gasteiger partial charge in [-0.2, -0.15) is 5.26 Å². The second kappa shape index (κ2) is 5.13. The van der Waals surface area contributed by atoms with E-state index in [1.54, 1.807) is 24.0 Å². The predicted octanol–water partition coefficient (Wildman–Crippen LogP) is 2.63. The fraction of sp³-hybridized carbons (Fsp3) is 0.545. The van der Waals surface area contributed by atoms with Crippen molar-refractivity contribution < 1.29 is 0 Å². The molecule has 0 bridgehead atoms. The highest BCUT2D eigenvalue weighted by Gasteiger charge is 2.15. The highest BCUT2D eigenvalue weighted by atomic mass is 32.2. The SMILES string of the molecule is N#Cc1ccnc(SCC2CCCC2)n1. The highest BCUT2D eigenvalue weighted by Crippen LogP contribution is 2.29. The molecule has 0 N–H and O–H groups in total. The topological polar surface area (TPSA) is 49.6 Å². The molecule has 0 amide bonds. The molecule has 1 aliphatic rings. The molecular formula is C11H13N3S. The maximum atomic E-state index is 8.69. The van der Waals surface area contributed by atoms with Crippen LogP contribution in [0.2, 0.25) is 0 Å². The van der Waals surface area contributed by atoms with Crippen molar-refractivity contribution in [3.05, 3.63) is 18.0 Å². The summed E-state index contributed by atoms with van der Waals surface area (Å²) in [5.74, 6) is 1.92. The normalized spacial score (nSPS) is 16.5. The van der Waals surface area contributed by atoms with E-state index in [0.29, 0.717) is 5.69 Å². The van der Waals surface area contributed by atoms with Gasteiger partial charge in [-0.3, -0.25) is 0 Å². The van der Waals surface area contributed by atoms with E-state index in [0.717, 1.165) is 16.8 Å². The van der Waals surface area contributed by atoms with Crippen molar-refractivity contribution in [3.8, 4) is 6.07 Å². The van der Waals surface area contributed by atoms with Gasteiger partial charge in [0, 0.05) is 11.9 Å². The van der Waals surface area contributed by atoms with Crippen LogP contribution in [0.3, 0.4) is 0 Å². The van der Waals surface area contributed by atoms with Crippen molar-refractivity contribution in [3.63, 3.8) is 0 Å². The van der Waals surface area contributed by atoms with Gasteiger partial charge in [-0.15, -0.1) is 0 Å². The number of hydrogen-bond donors (Lipinski definition) is 0. The summed E-state index contributed by atoms with van der Waals surface area (Å²) in [4.78, 5) is 8.29. The summed E-state index contributed by atoms with van der Waals surface area (Å²) in [6.07, 6.45) is 7.06. The summed E-state index contributed by atoms with van der Waals surface area (Å²) in [5, 5.41) is 9.43. The van der Waals surface area contributed by atoms with Crippen LogP contribution >= 0.6 is 11.8 Å². The van der Waals surface area contributed by atoms with E-state index >= 15 is 0 Å². The number of nitrogens with zero attached hydrogens (tertiary/aromatic N) is 3. The fourth-order valence-electron chi connectivity index (χ4n) is 1.84. The highest BCUT2D eigenvalue weighted by molar-refractivity contribution is 7.99. The van der Waals surface area contributed by atoms with E-state index in [1.165, 1.54) is 25.7 Å². The summed E-state index contributed by atoms with van der Waals surface area (Å²) in [5.41, 5.74) is 0.457. The van der Waals surface area contributed by atoms with Crippen molar-refractivity contribution in [1.29, 1.82) is 5.26 Å². The van der Waals surface area contributed by atoms with Crippen LogP contribution in [-0.4, -0.2) is 15.7 Å². The van der Waals surface area contributed by atoms with Crippen LogP contribution < -0.4 is 0 Å². The van der Waals surface area contributed by atoms with E-state index in [2.05, 4.69) is 9.97 Å². The van der Waals surface area contributed by atoms with Crippen LogP contribution in [0.4, 0.5) is 0 Å². The lowest BCUT2D eigenvalue weighted by Crippen LogP contribution is -1.98. The number of hydrogen-bond acceptors (Lipinski definition) is 4. The van der Waals surface area contributed by atoms with Crippen LogP contribution in [0.15, 0.2) is 17.4 Å². The Balaban J connectivity index is 1.90. The second-order valence-electron chi connectivity index (χ2n) is 3.80. The third kappa shape index (κ3) is 2.93. The molecule has 0 radical (unpaired) electrons. The summed E-state index contributed by atoms with van der Waals surface area (Å²) in [6.45, 7) is 0. The molecule has 4 heteroatoms. The number of nitriles is 1. The Hall–Kier alpha value is -1.08. The first kappa shape index (κ1) is 10.4. The van der Waals surface area contributed by atoms with Crippen molar-refractivity contribution in [2.24, 2.45) is 5.92 Å². The van der Waals surface area contributed by atoms with Crippen molar-refractivity contribution in [1.82, 2.24) is 9.97 Å². The summed E-state index contributed by atoms with van der Waals surface area (Å²) < 4.78 is 0. The monoisotopic (exact) mass is 219 g/mol. The zero-order chi connectivity index (χ0) is 10.5. The molecule has 0 unspecified atom stereocenters. The van der Waals surface area contributed by atoms with Gasteiger partial charge in [0.15, 0.2) is 5.16 Å². The summed E-state index contributed by atoms with van der Waals surface area (Å²) >= 11 is 1.67. The summed E-state index contributed by atoms with van der Waals surface area (Å²) in [7, 11) is 0. The lowest BCUT2D eigenvalue weighted by Gasteiger charge is -2.06. The molecular weight excluding hydrogens is 206 g/mol. The van der Waals surface area contributed by atoms with Crippen molar-refractivity contribution in [2.75, 3.05) is 5.75 Å². The Morgan fingerprint density at radius 2 is 2.27 bits per heavy atom. The first-order chi connectivity index (χ1) is 7.38. The largest absolute Gasteiger partial charge is 0.231 e. The molecule has 3 nitrogen and oxygen atoms in total. The number of rotatable bonds is 3. The van der Waals surface area contributed by atoms with E-state index in [4.69, 9.17) is 5.26 Å². The number of aromatic nitrogens is 2. The smallest absolute Gasteiger partial charge is 0.188 e. The molecule has 0 spiro atoms. The number of thioether (sulfide) groups is 1. The minimum Gasteiger partial charge on any atom is -0.231 e. The third-order valence-corrected chi connectivity index (χ3v) is 3.76. The van der Waals surface area contributed by atoms with Crippen LogP contribution in [0, 0.1) is 17.2 Å². The zero-order valence-corrected chi connectivity index (χ0v) is 9.33. The van der Waals surface area contributed by atoms with E-state index < -0.39 is 0 Å². The second-order valence-corrected chi connectivity index (χ2v) is 4.78. The molecule has 1 aromatic heterocycles. The maximum Gasteiger partial charge on any atom is 0.188 e. The summed E-state index contributed by atoms with van der Waals surface area (Å²) in [6, 6.07) is 3.67. The van der Waals surface area contributed by atoms with Gasteiger partial charge in [0.25, 0.3) is 0 Å². The fourth-order valence-corrected chi connectivity index (χ4v) is 2.86. The molecule has 1 aliphatic carbocycles. The molecule has 15 heavy (non-hydrogen) atoms. The maximum absolute atomic E-state index is 8.69. The average Bonchev–Trinajstić information content (AvgIpc) is 2.79. The van der Waals surface area contributed by atoms with Gasteiger partial charge in [0.1, 0.15) is 11.8 Å². The molecule has 0 aromatic carbocycles. The Kier molecular flexibility index (Phi) is 3.57.